The lowest BCUT2D eigenvalue weighted by Crippen LogP contribution is -2.55. The van der Waals surface area contributed by atoms with Crippen molar-refractivity contribution in [2.45, 2.75) is 57.4 Å². The molecular formula is C16H28N2O2S. The summed E-state index contributed by atoms with van der Waals surface area (Å²) in [7, 11) is -3.53. The van der Waals surface area contributed by atoms with Gasteiger partial charge in [0.15, 0.2) is 0 Å². The third-order valence-corrected chi connectivity index (χ3v) is 6.48. The molecule has 0 aromatic heterocycles. The largest absolute Gasteiger partial charge is 0.329 e. The van der Waals surface area contributed by atoms with Crippen molar-refractivity contribution in [3.8, 4) is 0 Å². The Hall–Kier alpha value is -0.910. The maximum Gasteiger partial charge on any atom is 0.243 e. The zero-order valence-electron chi connectivity index (χ0n) is 13.6. The predicted octanol–water partition coefficient (Wildman–Crippen LogP) is 2.91. The monoisotopic (exact) mass is 312 g/mol. The van der Waals surface area contributed by atoms with Gasteiger partial charge in [0.25, 0.3) is 0 Å². The number of nitrogens with zero attached hydrogens (tertiary/aromatic N) is 1. The third kappa shape index (κ3) is 3.47. The van der Waals surface area contributed by atoms with Crippen LogP contribution in [0.1, 0.15) is 45.6 Å². The maximum absolute atomic E-state index is 13.1. The van der Waals surface area contributed by atoms with Gasteiger partial charge >= 0.3 is 0 Å². The molecule has 2 N–H and O–H groups in total. The van der Waals surface area contributed by atoms with Crippen LogP contribution in [0.15, 0.2) is 29.2 Å². The smallest absolute Gasteiger partial charge is 0.243 e. The molecule has 1 aromatic carbocycles. The van der Waals surface area contributed by atoms with E-state index in [1.165, 1.54) is 0 Å². The molecule has 0 saturated heterocycles. The molecule has 0 aliphatic rings. The standard InChI is InChI=1S/C16H28N2O2S/c1-5-12-18(16(6-2,7-3)13-17)21(19,20)15-11-9-8-10-14(15)4/h8-11H,5-7,12-13,17H2,1-4H3. The second-order valence-electron chi connectivity index (χ2n) is 5.48. The molecule has 0 spiro atoms. The van der Waals surface area contributed by atoms with Gasteiger partial charge in [-0.15, -0.1) is 0 Å². The van der Waals surface area contributed by atoms with E-state index in [9.17, 15) is 8.42 Å². The van der Waals surface area contributed by atoms with Crippen LogP contribution in [-0.2, 0) is 10.0 Å². The minimum Gasteiger partial charge on any atom is -0.329 e. The number of benzene rings is 1. The number of hydrogen-bond donors (Lipinski definition) is 1. The summed E-state index contributed by atoms with van der Waals surface area (Å²) in [6.07, 6.45) is 2.20. The summed E-state index contributed by atoms with van der Waals surface area (Å²) in [4.78, 5) is 0.387. The molecule has 0 bridgehead atoms. The average Bonchev–Trinajstić information content (AvgIpc) is 2.48. The van der Waals surface area contributed by atoms with E-state index in [1.54, 1.807) is 16.4 Å². The molecule has 1 rings (SSSR count). The first-order valence-corrected chi connectivity index (χ1v) is 9.12. The summed E-state index contributed by atoms with van der Waals surface area (Å²) in [5, 5.41) is 0. The van der Waals surface area contributed by atoms with E-state index >= 15 is 0 Å². The van der Waals surface area contributed by atoms with Crippen LogP contribution in [0.3, 0.4) is 0 Å². The predicted molar refractivity (Wildman–Crippen MR) is 87.7 cm³/mol. The fraction of sp³-hybridized carbons (Fsp3) is 0.625. The Kier molecular flexibility index (Phi) is 6.38. The lowest BCUT2D eigenvalue weighted by Gasteiger charge is -2.41. The second-order valence-corrected chi connectivity index (χ2v) is 7.31. The molecule has 0 aliphatic heterocycles. The number of sulfonamides is 1. The van der Waals surface area contributed by atoms with E-state index in [2.05, 4.69) is 0 Å². The minimum atomic E-state index is -3.53. The van der Waals surface area contributed by atoms with E-state index in [-0.39, 0.29) is 0 Å². The summed E-state index contributed by atoms with van der Waals surface area (Å²) in [6, 6.07) is 7.14. The summed E-state index contributed by atoms with van der Waals surface area (Å²) in [6.45, 7) is 8.67. The molecule has 0 radical (unpaired) electrons. The normalized spacial score (nSPS) is 12.9. The highest BCUT2D eigenvalue weighted by Gasteiger charge is 2.40. The van der Waals surface area contributed by atoms with Crippen LogP contribution in [-0.4, -0.2) is 31.4 Å². The molecule has 0 unspecified atom stereocenters. The highest BCUT2D eigenvalue weighted by atomic mass is 32.2. The fourth-order valence-corrected chi connectivity index (χ4v) is 5.00. The Balaban J connectivity index is 3.43. The zero-order chi connectivity index (χ0) is 16.1. The van der Waals surface area contributed by atoms with Crippen LogP contribution in [0.4, 0.5) is 0 Å². The Morgan fingerprint density at radius 2 is 1.71 bits per heavy atom. The molecule has 120 valence electrons. The van der Waals surface area contributed by atoms with Gasteiger partial charge in [-0.1, -0.05) is 39.0 Å². The zero-order valence-corrected chi connectivity index (χ0v) is 14.4. The van der Waals surface area contributed by atoms with Crippen molar-refractivity contribution in [1.82, 2.24) is 4.31 Å². The summed E-state index contributed by atoms with van der Waals surface area (Å²) < 4.78 is 27.9. The van der Waals surface area contributed by atoms with Crippen LogP contribution in [0.25, 0.3) is 0 Å². The lowest BCUT2D eigenvalue weighted by atomic mass is 9.93. The van der Waals surface area contributed by atoms with Crippen molar-refractivity contribution in [2.75, 3.05) is 13.1 Å². The average molecular weight is 312 g/mol. The first kappa shape index (κ1) is 18.1. The SMILES string of the molecule is CCCN(C(CC)(CC)CN)S(=O)(=O)c1ccccc1C. The highest BCUT2D eigenvalue weighted by Crippen LogP contribution is 2.31. The maximum atomic E-state index is 13.1. The van der Waals surface area contributed by atoms with Gasteiger partial charge < -0.3 is 5.73 Å². The summed E-state index contributed by atoms with van der Waals surface area (Å²) in [5.74, 6) is 0. The second kappa shape index (κ2) is 7.38. The van der Waals surface area contributed by atoms with Gasteiger partial charge in [-0.2, -0.15) is 4.31 Å². The van der Waals surface area contributed by atoms with Crippen LogP contribution in [0, 0.1) is 6.92 Å². The van der Waals surface area contributed by atoms with Crippen molar-refractivity contribution in [3.05, 3.63) is 29.8 Å². The Morgan fingerprint density at radius 1 is 1.14 bits per heavy atom. The molecular weight excluding hydrogens is 284 g/mol. The van der Waals surface area contributed by atoms with Crippen LogP contribution in [0.2, 0.25) is 0 Å². The Morgan fingerprint density at radius 3 is 2.14 bits per heavy atom. The summed E-state index contributed by atoms with van der Waals surface area (Å²) >= 11 is 0. The molecule has 0 amide bonds. The molecule has 4 nitrogen and oxygen atoms in total. The lowest BCUT2D eigenvalue weighted by molar-refractivity contribution is 0.177. The van der Waals surface area contributed by atoms with Crippen molar-refractivity contribution in [2.24, 2.45) is 5.73 Å². The van der Waals surface area contributed by atoms with Gasteiger partial charge in [0.2, 0.25) is 10.0 Å². The minimum absolute atomic E-state index is 0.338. The van der Waals surface area contributed by atoms with Gasteiger partial charge in [-0.3, -0.25) is 0 Å². The number of rotatable bonds is 8. The van der Waals surface area contributed by atoms with Crippen LogP contribution in [0.5, 0.6) is 0 Å². The van der Waals surface area contributed by atoms with E-state index in [4.69, 9.17) is 5.73 Å². The van der Waals surface area contributed by atoms with Gasteiger partial charge in [0.05, 0.1) is 4.90 Å². The number of aryl methyl sites for hydroxylation is 1. The Bertz CT molecular complexity index is 543. The van der Waals surface area contributed by atoms with Crippen molar-refractivity contribution >= 4 is 10.0 Å². The fourth-order valence-electron chi connectivity index (χ4n) is 2.77. The van der Waals surface area contributed by atoms with Crippen molar-refractivity contribution < 1.29 is 8.42 Å². The molecule has 0 aliphatic carbocycles. The van der Waals surface area contributed by atoms with Crippen LogP contribution < -0.4 is 5.73 Å². The molecule has 1 aromatic rings. The molecule has 0 fully saturated rings. The third-order valence-electron chi connectivity index (χ3n) is 4.31. The quantitative estimate of drug-likeness (QED) is 0.803. The number of hydrogen-bond acceptors (Lipinski definition) is 3. The van der Waals surface area contributed by atoms with Crippen molar-refractivity contribution in [3.63, 3.8) is 0 Å². The molecule has 21 heavy (non-hydrogen) atoms. The molecule has 0 atom stereocenters. The first-order valence-electron chi connectivity index (χ1n) is 7.68. The van der Waals surface area contributed by atoms with E-state index in [0.717, 1.165) is 12.0 Å². The van der Waals surface area contributed by atoms with Gasteiger partial charge in [-0.05, 0) is 37.8 Å². The molecule has 0 heterocycles. The summed E-state index contributed by atoms with van der Waals surface area (Å²) in [5.41, 5.74) is 6.24. The van der Waals surface area contributed by atoms with Gasteiger partial charge in [0.1, 0.15) is 0 Å². The highest BCUT2D eigenvalue weighted by molar-refractivity contribution is 7.89. The molecule has 0 saturated carbocycles. The van der Waals surface area contributed by atoms with Crippen molar-refractivity contribution in [1.29, 1.82) is 0 Å². The van der Waals surface area contributed by atoms with E-state index < -0.39 is 15.6 Å². The first-order chi connectivity index (χ1) is 9.89. The number of nitrogens with two attached hydrogens (primary N) is 1. The Labute approximate surface area is 129 Å². The van der Waals surface area contributed by atoms with Gasteiger partial charge in [-0.25, -0.2) is 8.42 Å². The van der Waals surface area contributed by atoms with E-state index in [1.807, 2.05) is 39.8 Å². The van der Waals surface area contributed by atoms with E-state index in [0.29, 0.717) is 30.8 Å². The van der Waals surface area contributed by atoms with Gasteiger partial charge in [0, 0.05) is 18.6 Å². The molecule has 5 heteroatoms. The topological polar surface area (TPSA) is 63.4 Å². The van der Waals surface area contributed by atoms with Crippen LogP contribution >= 0.6 is 0 Å².